The highest BCUT2D eigenvalue weighted by molar-refractivity contribution is 5.81. The van der Waals surface area contributed by atoms with Gasteiger partial charge in [-0.1, -0.05) is 32.9 Å². The lowest BCUT2D eigenvalue weighted by Gasteiger charge is -2.40. The number of carbonyl (C=O) groups is 1. The van der Waals surface area contributed by atoms with Crippen molar-refractivity contribution in [2.75, 3.05) is 0 Å². The molecule has 0 aromatic rings. The molecule has 0 aliphatic heterocycles. The van der Waals surface area contributed by atoms with Crippen molar-refractivity contribution >= 4 is 5.91 Å². The highest BCUT2D eigenvalue weighted by Crippen LogP contribution is 2.45. The van der Waals surface area contributed by atoms with E-state index >= 15 is 0 Å². The molecular formula is C12H21NO. The monoisotopic (exact) mass is 195 g/mol. The van der Waals surface area contributed by atoms with Crippen LogP contribution in [0, 0.1) is 10.8 Å². The molecule has 2 N–H and O–H groups in total. The third-order valence-electron chi connectivity index (χ3n) is 3.78. The summed E-state index contributed by atoms with van der Waals surface area (Å²) in [4.78, 5) is 11.5. The maximum absolute atomic E-state index is 11.5. The average molecular weight is 195 g/mol. The SMILES string of the molecule is CCC1(C)C=CCC(CC)(C(N)=O)C1. The van der Waals surface area contributed by atoms with E-state index < -0.39 is 0 Å². The Labute approximate surface area is 86.6 Å². The summed E-state index contributed by atoms with van der Waals surface area (Å²) in [5, 5.41) is 0. The zero-order valence-electron chi connectivity index (χ0n) is 9.47. The zero-order valence-corrected chi connectivity index (χ0v) is 9.47. The molecule has 1 rings (SSSR count). The molecule has 0 radical (unpaired) electrons. The van der Waals surface area contributed by atoms with Crippen molar-refractivity contribution in [3.8, 4) is 0 Å². The highest BCUT2D eigenvalue weighted by Gasteiger charge is 2.41. The lowest BCUT2D eigenvalue weighted by molar-refractivity contribution is -0.129. The van der Waals surface area contributed by atoms with Gasteiger partial charge in [0.25, 0.3) is 0 Å². The van der Waals surface area contributed by atoms with Crippen molar-refractivity contribution < 1.29 is 4.79 Å². The summed E-state index contributed by atoms with van der Waals surface area (Å²) in [6.07, 6.45) is 8.00. The molecule has 0 aromatic carbocycles. The molecule has 0 bridgehead atoms. The van der Waals surface area contributed by atoms with Crippen LogP contribution in [0.4, 0.5) is 0 Å². The van der Waals surface area contributed by atoms with Crippen molar-refractivity contribution in [1.82, 2.24) is 0 Å². The van der Waals surface area contributed by atoms with Crippen LogP contribution in [0.5, 0.6) is 0 Å². The minimum absolute atomic E-state index is 0.135. The first-order chi connectivity index (χ1) is 6.48. The van der Waals surface area contributed by atoms with Crippen molar-refractivity contribution in [3.63, 3.8) is 0 Å². The number of amides is 1. The number of allylic oxidation sites excluding steroid dienone is 2. The van der Waals surface area contributed by atoms with Gasteiger partial charge in [-0.3, -0.25) is 4.79 Å². The van der Waals surface area contributed by atoms with E-state index in [9.17, 15) is 4.79 Å². The Hall–Kier alpha value is -0.790. The summed E-state index contributed by atoms with van der Waals surface area (Å²) in [5.74, 6) is -0.135. The zero-order chi connectivity index (χ0) is 10.8. The van der Waals surface area contributed by atoms with Gasteiger partial charge in [0.15, 0.2) is 0 Å². The van der Waals surface area contributed by atoms with Gasteiger partial charge in [-0.05, 0) is 31.1 Å². The molecule has 2 heteroatoms. The molecule has 1 aliphatic carbocycles. The van der Waals surface area contributed by atoms with Crippen LogP contribution < -0.4 is 5.73 Å². The van der Waals surface area contributed by atoms with E-state index in [1.54, 1.807) is 0 Å². The first kappa shape index (κ1) is 11.3. The quantitative estimate of drug-likeness (QED) is 0.691. The number of rotatable bonds is 3. The number of carbonyl (C=O) groups excluding carboxylic acids is 1. The van der Waals surface area contributed by atoms with Gasteiger partial charge in [0.1, 0.15) is 0 Å². The number of nitrogens with two attached hydrogens (primary N) is 1. The van der Waals surface area contributed by atoms with Crippen molar-refractivity contribution in [3.05, 3.63) is 12.2 Å². The normalized spacial score (nSPS) is 37.1. The average Bonchev–Trinajstić information content (AvgIpc) is 2.17. The Balaban J connectivity index is 2.94. The van der Waals surface area contributed by atoms with E-state index in [0.29, 0.717) is 0 Å². The van der Waals surface area contributed by atoms with E-state index in [1.807, 2.05) is 0 Å². The number of primary amides is 1. The van der Waals surface area contributed by atoms with Crippen molar-refractivity contribution in [2.45, 2.75) is 46.5 Å². The van der Waals surface area contributed by atoms with E-state index in [-0.39, 0.29) is 16.7 Å². The van der Waals surface area contributed by atoms with Crippen LogP contribution in [0.2, 0.25) is 0 Å². The number of hydrogen-bond donors (Lipinski definition) is 1. The number of hydrogen-bond acceptors (Lipinski definition) is 1. The molecule has 2 atom stereocenters. The second-order valence-electron chi connectivity index (χ2n) is 4.79. The summed E-state index contributed by atoms with van der Waals surface area (Å²) in [6.45, 7) is 6.42. The summed E-state index contributed by atoms with van der Waals surface area (Å²) in [5.41, 5.74) is 5.38. The maximum atomic E-state index is 11.5. The van der Waals surface area contributed by atoms with Crippen molar-refractivity contribution in [1.29, 1.82) is 0 Å². The Bertz CT molecular complexity index is 259. The summed E-state index contributed by atoms with van der Waals surface area (Å²) in [7, 11) is 0. The van der Waals surface area contributed by atoms with Crippen LogP contribution in [0.25, 0.3) is 0 Å². The molecule has 0 spiro atoms. The molecule has 1 aliphatic rings. The molecule has 2 unspecified atom stereocenters. The Morgan fingerprint density at radius 3 is 2.50 bits per heavy atom. The van der Waals surface area contributed by atoms with E-state index in [4.69, 9.17) is 5.73 Å². The summed E-state index contributed by atoms with van der Waals surface area (Å²) in [6, 6.07) is 0. The smallest absolute Gasteiger partial charge is 0.223 e. The predicted molar refractivity (Wildman–Crippen MR) is 58.7 cm³/mol. The fourth-order valence-electron chi connectivity index (χ4n) is 2.35. The molecule has 0 saturated heterocycles. The van der Waals surface area contributed by atoms with Gasteiger partial charge in [0.2, 0.25) is 5.91 Å². The van der Waals surface area contributed by atoms with Crippen molar-refractivity contribution in [2.24, 2.45) is 16.6 Å². The lowest BCUT2D eigenvalue weighted by Crippen LogP contribution is -2.41. The van der Waals surface area contributed by atoms with E-state index in [1.165, 1.54) is 0 Å². The first-order valence-corrected chi connectivity index (χ1v) is 5.46. The predicted octanol–water partition coefficient (Wildman–Crippen LogP) is 2.63. The van der Waals surface area contributed by atoms with Gasteiger partial charge < -0.3 is 5.73 Å². The maximum Gasteiger partial charge on any atom is 0.223 e. The fraction of sp³-hybridized carbons (Fsp3) is 0.750. The molecule has 2 nitrogen and oxygen atoms in total. The summed E-state index contributed by atoms with van der Waals surface area (Å²) >= 11 is 0. The van der Waals surface area contributed by atoms with E-state index in [0.717, 1.165) is 25.7 Å². The van der Waals surface area contributed by atoms with Crippen LogP contribution >= 0.6 is 0 Å². The lowest BCUT2D eigenvalue weighted by atomic mass is 9.64. The standard InChI is InChI=1S/C12H21NO/c1-4-11(3)7-6-8-12(5-2,9-11)10(13)14/h6-7H,4-5,8-9H2,1-3H3,(H2,13,14). The molecule has 14 heavy (non-hydrogen) atoms. The second-order valence-corrected chi connectivity index (χ2v) is 4.79. The van der Waals surface area contributed by atoms with Crippen LogP contribution in [-0.2, 0) is 4.79 Å². The van der Waals surface area contributed by atoms with Crippen LogP contribution in [0.3, 0.4) is 0 Å². The minimum atomic E-state index is -0.292. The molecule has 1 amide bonds. The Morgan fingerprint density at radius 1 is 1.43 bits per heavy atom. The Kier molecular flexibility index (Phi) is 3.03. The molecule has 80 valence electrons. The van der Waals surface area contributed by atoms with Gasteiger partial charge in [-0.2, -0.15) is 0 Å². The van der Waals surface area contributed by atoms with Crippen LogP contribution in [-0.4, -0.2) is 5.91 Å². The molecule has 0 fully saturated rings. The largest absolute Gasteiger partial charge is 0.369 e. The van der Waals surface area contributed by atoms with E-state index in [2.05, 4.69) is 32.9 Å². The van der Waals surface area contributed by atoms with Gasteiger partial charge in [-0.15, -0.1) is 0 Å². The molecule has 0 saturated carbocycles. The highest BCUT2D eigenvalue weighted by atomic mass is 16.1. The topological polar surface area (TPSA) is 43.1 Å². The third-order valence-corrected chi connectivity index (χ3v) is 3.78. The Morgan fingerprint density at radius 2 is 2.07 bits per heavy atom. The van der Waals surface area contributed by atoms with Crippen LogP contribution in [0.15, 0.2) is 12.2 Å². The summed E-state index contributed by atoms with van der Waals surface area (Å²) < 4.78 is 0. The fourth-order valence-corrected chi connectivity index (χ4v) is 2.35. The van der Waals surface area contributed by atoms with Gasteiger partial charge in [-0.25, -0.2) is 0 Å². The minimum Gasteiger partial charge on any atom is -0.369 e. The van der Waals surface area contributed by atoms with Gasteiger partial charge in [0, 0.05) is 0 Å². The third kappa shape index (κ3) is 1.84. The molecule has 0 heterocycles. The van der Waals surface area contributed by atoms with Gasteiger partial charge >= 0.3 is 0 Å². The van der Waals surface area contributed by atoms with Crippen LogP contribution in [0.1, 0.15) is 46.5 Å². The molecular weight excluding hydrogens is 174 g/mol. The first-order valence-electron chi connectivity index (χ1n) is 5.46. The molecule has 0 aromatic heterocycles. The second kappa shape index (κ2) is 3.76. The van der Waals surface area contributed by atoms with Gasteiger partial charge in [0.05, 0.1) is 5.41 Å².